The summed E-state index contributed by atoms with van der Waals surface area (Å²) >= 11 is 0. The molecule has 0 saturated heterocycles. The van der Waals surface area contributed by atoms with Crippen LogP contribution in [-0.4, -0.2) is 0 Å². The maximum atomic E-state index is 7.42. The predicted molar refractivity (Wildman–Crippen MR) is 228 cm³/mol. The number of ether oxygens (including phenoxy) is 1. The zero-order valence-corrected chi connectivity index (χ0v) is 31.3. The largest absolute Gasteiger partial charge is 0.455 e. The Morgan fingerprint density at radius 2 is 0.929 bits per heavy atom. The molecule has 1 heteroatoms. The molecule has 4 bridgehead atoms. The van der Waals surface area contributed by atoms with Crippen molar-refractivity contribution in [3.63, 3.8) is 0 Å². The Bertz CT molecular complexity index is 2960. The number of rotatable bonds is 1. The highest BCUT2D eigenvalue weighted by Gasteiger charge is 2.62. The summed E-state index contributed by atoms with van der Waals surface area (Å²) in [6.45, 7) is 0. The Kier molecular flexibility index (Phi) is 5.67. The van der Waals surface area contributed by atoms with Gasteiger partial charge >= 0.3 is 0 Å². The van der Waals surface area contributed by atoms with Crippen LogP contribution in [0.5, 0.6) is 11.5 Å². The lowest BCUT2D eigenvalue weighted by atomic mass is 9.43. The summed E-state index contributed by atoms with van der Waals surface area (Å²) in [4.78, 5) is 0. The van der Waals surface area contributed by atoms with Crippen molar-refractivity contribution in [3.05, 3.63) is 191 Å². The Balaban J connectivity index is 1.11. The van der Waals surface area contributed by atoms with Crippen molar-refractivity contribution >= 4 is 21.5 Å². The van der Waals surface area contributed by atoms with E-state index in [4.69, 9.17) is 4.74 Å². The van der Waals surface area contributed by atoms with E-state index in [1.807, 2.05) is 0 Å². The SMILES string of the molecule is c1ccc2c(c1)-c1ccccc1C21c2ccc3ccccc3c2Oc2c1cc(-c1cccc3c1-c1ccccc1C31C3CC4CC(C3)CC1C4)c1ccccc21. The molecule has 1 aliphatic heterocycles. The predicted octanol–water partition coefficient (Wildman–Crippen LogP) is 13.9. The summed E-state index contributed by atoms with van der Waals surface area (Å²) in [6.07, 6.45) is 7.02. The summed E-state index contributed by atoms with van der Waals surface area (Å²) in [6, 6.07) is 60.3. The molecule has 0 radical (unpaired) electrons. The van der Waals surface area contributed by atoms with Crippen LogP contribution in [-0.2, 0) is 10.8 Å². The number of hydrogen-bond donors (Lipinski definition) is 0. The highest BCUT2D eigenvalue weighted by atomic mass is 16.5. The van der Waals surface area contributed by atoms with E-state index in [1.54, 1.807) is 11.1 Å². The topological polar surface area (TPSA) is 9.23 Å². The fourth-order valence-electron chi connectivity index (χ4n) is 14.1. The molecule has 0 N–H and O–H groups in total. The second-order valence-corrected chi connectivity index (χ2v) is 17.9. The molecule has 0 aromatic heterocycles. The van der Waals surface area contributed by atoms with E-state index in [0.717, 1.165) is 40.6 Å². The van der Waals surface area contributed by atoms with Gasteiger partial charge in [-0.1, -0.05) is 152 Å². The minimum Gasteiger partial charge on any atom is -0.455 e. The number of hydrogen-bond acceptors (Lipinski definition) is 1. The molecule has 56 heavy (non-hydrogen) atoms. The van der Waals surface area contributed by atoms with Crippen molar-refractivity contribution < 1.29 is 4.74 Å². The molecule has 15 rings (SSSR count). The molecular weight excluding hydrogens is 677 g/mol. The lowest BCUT2D eigenvalue weighted by Crippen LogP contribution is -2.55. The van der Waals surface area contributed by atoms with Crippen LogP contribution < -0.4 is 4.74 Å². The average Bonchev–Trinajstić information content (AvgIpc) is 3.71. The quantitative estimate of drug-likeness (QED) is 0.164. The van der Waals surface area contributed by atoms with E-state index in [2.05, 4.69) is 158 Å². The van der Waals surface area contributed by atoms with Crippen LogP contribution in [0.25, 0.3) is 54.9 Å². The third-order valence-electron chi connectivity index (χ3n) is 15.7. The van der Waals surface area contributed by atoms with Crippen LogP contribution >= 0.6 is 0 Å². The molecule has 0 atom stereocenters. The Morgan fingerprint density at radius 1 is 0.375 bits per heavy atom. The zero-order chi connectivity index (χ0) is 36.3. The van der Waals surface area contributed by atoms with Gasteiger partial charge in [0.1, 0.15) is 11.5 Å². The van der Waals surface area contributed by atoms with Gasteiger partial charge in [0.05, 0.1) is 5.41 Å². The zero-order valence-electron chi connectivity index (χ0n) is 31.3. The van der Waals surface area contributed by atoms with Gasteiger partial charge < -0.3 is 4.74 Å². The fourth-order valence-corrected chi connectivity index (χ4v) is 14.1. The van der Waals surface area contributed by atoms with Gasteiger partial charge in [0, 0.05) is 27.3 Å². The van der Waals surface area contributed by atoms with Crippen LogP contribution in [0, 0.1) is 23.7 Å². The van der Waals surface area contributed by atoms with Gasteiger partial charge in [-0.25, -0.2) is 0 Å². The van der Waals surface area contributed by atoms with Gasteiger partial charge in [-0.15, -0.1) is 0 Å². The second kappa shape index (κ2) is 10.5. The first-order valence-corrected chi connectivity index (χ1v) is 20.9. The van der Waals surface area contributed by atoms with Crippen molar-refractivity contribution in [1.82, 2.24) is 0 Å². The normalized spacial score (nSPS) is 24.8. The van der Waals surface area contributed by atoms with Crippen LogP contribution in [0.15, 0.2) is 158 Å². The summed E-state index contributed by atoms with van der Waals surface area (Å²) in [5, 5.41) is 4.78. The van der Waals surface area contributed by atoms with Crippen molar-refractivity contribution in [2.24, 2.45) is 23.7 Å². The van der Waals surface area contributed by atoms with E-state index >= 15 is 0 Å². The fraction of sp³-hybridized carbons (Fsp3) is 0.200. The van der Waals surface area contributed by atoms with Crippen molar-refractivity contribution in [1.29, 1.82) is 0 Å². The van der Waals surface area contributed by atoms with E-state index in [-0.39, 0.29) is 5.41 Å². The maximum Gasteiger partial charge on any atom is 0.140 e. The first kappa shape index (κ1) is 30.3. The molecule has 8 aromatic carbocycles. The first-order chi connectivity index (χ1) is 27.7. The molecule has 0 unspecified atom stereocenters. The van der Waals surface area contributed by atoms with Crippen LogP contribution in [0.4, 0.5) is 0 Å². The van der Waals surface area contributed by atoms with E-state index in [1.165, 1.54) is 104 Å². The van der Waals surface area contributed by atoms with Crippen LogP contribution in [0.1, 0.15) is 65.5 Å². The first-order valence-electron chi connectivity index (χ1n) is 20.9. The molecule has 266 valence electrons. The monoisotopic (exact) mass is 716 g/mol. The van der Waals surface area contributed by atoms with E-state index < -0.39 is 5.41 Å². The van der Waals surface area contributed by atoms with Crippen LogP contribution in [0.3, 0.4) is 0 Å². The van der Waals surface area contributed by atoms with E-state index in [9.17, 15) is 0 Å². The lowest BCUT2D eigenvalue weighted by Gasteiger charge is -2.61. The van der Waals surface area contributed by atoms with Gasteiger partial charge in [-0.05, 0) is 128 Å². The smallest absolute Gasteiger partial charge is 0.140 e. The highest BCUT2D eigenvalue weighted by molar-refractivity contribution is 6.08. The van der Waals surface area contributed by atoms with Gasteiger partial charge in [-0.2, -0.15) is 0 Å². The van der Waals surface area contributed by atoms with Gasteiger partial charge in [-0.3, -0.25) is 0 Å². The van der Waals surface area contributed by atoms with Crippen molar-refractivity contribution in [3.8, 4) is 44.9 Å². The standard InChI is InChI=1S/C55H40O/c1-2-13-37-34(12-1)24-25-49-52(37)56-53-42-17-4-3-14-38(42)44(31-50(53)55(49)45-20-8-5-15-39(45)40-16-6-9-21-46(40)55)41-19-11-23-48-51(41)43-18-7-10-22-47(43)54(48)35-27-32-26-33(29-35)30-36(54)28-32/h1-25,31-33,35-36H,26-30H2. The van der Waals surface area contributed by atoms with Gasteiger partial charge in [0.25, 0.3) is 0 Å². The molecule has 4 saturated carbocycles. The molecule has 4 fully saturated rings. The Labute approximate surface area is 327 Å². The van der Waals surface area contributed by atoms with Gasteiger partial charge in [0.2, 0.25) is 0 Å². The summed E-state index contributed by atoms with van der Waals surface area (Å²) in [5.41, 5.74) is 16.1. The second-order valence-electron chi connectivity index (χ2n) is 17.9. The minimum atomic E-state index is -0.558. The number of fused-ring (bicyclic) bond motifs is 16. The molecule has 6 aliphatic carbocycles. The summed E-state index contributed by atoms with van der Waals surface area (Å²) in [7, 11) is 0. The minimum absolute atomic E-state index is 0.118. The van der Waals surface area contributed by atoms with E-state index in [0.29, 0.717) is 0 Å². The van der Waals surface area contributed by atoms with Crippen LogP contribution in [0.2, 0.25) is 0 Å². The van der Waals surface area contributed by atoms with Gasteiger partial charge in [0.15, 0.2) is 0 Å². The average molecular weight is 717 g/mol. The third kappa shape index (κ3) is 3.44. The maximum absolute atomic E-state index is 7.42. The van der Waals surface area contributed by atoms with Crippen molar-refractivity contribution in [2.45, 2.75) is 42.9 Å². The lowest BCUT2D eigenvalue weighted by molar-refractivity contribution is -0.0399. The summed E-state index contributed by atoms with van der Waals surface area (Å²) < 4.78 is 7.42. The molecule has 0 amide bonds. The molecule has 8 aromatic rings. The third-order valence-corrected chi connectivity index (χ3v) is 15.7. The van der Waals surface area contributed by atoms with Crippen molar-refractivity contribution in [2.75, 3.05) is 0 Å². The highest BCUT2D eigenvalue weighted by Crippen LogP contribution is 2.71. The number of benzene rings is 8. The molecule has 7 aliphatic rings. The molecule has 1 heterocycles. The molecular formula is C55H40O. The summed E-state index contributed by atoms with van der Waals surface area (Å²) in [5.74, 6) is 5.24. The molecule has 1 nitrogen and oxygen atoms in total. The Hall–Kier alpha value is -5.92. The Morgan fingerprint density at radius 3 is 1.66 bits per heavy atom. The molecule has 2 spiro atoms.